The molecular weight excluding hydrogens is 368 g/mol. The maximum Gasteiger partial charge on any atom is 0.341 e. The molecule has 26 heavy (non-hydrogen) atoms. The van der Waals surface area contributed by atoms with Crippen molar-refractivity contribution in [3.8, 4) is 0 Å². The first-order valence-electron chi connectivity index (χ1n) is 8.76. The minimum atomic E-state index is -0.294. The number of carbonyl (C=O) groups is 1. The number of thiophene rings is 1. The fourth-order valence-corrected chi connectivity index (χ4v) is 4.81. The Labute approximate surface area is 162 Å². The Morgan fingerprint density at radius 2 is 2.15 bits per heavy atom. The fraction of sp³-hybridized carbons (Fsp3) is 0.500. The molecule has 3 rings (SSSR count). The smallest absolute Gasteiger partial charge is 0.341 e. The van der Waals surface area contributed by atoms with Gasteiger partial charge in [0.2, 0.25) is 0 Å². The third kappa shape index (κ3) is 4.07. The minimum absolute atomic E-state index is 0.294. The van der Waals surface area contributed by atoms with Crippen LogP contribution >= 0.6 is 23.6 Å². The normalized spacial score (nSPS) is 13.7. The van der Waals surface area contributed by atoms with Crippen LogP contribution in [0.3, 0.4) is 0 Å². The first kappa shape index (κ1) is 18.8. The number of nitrogens with one attached hydrogen (secondary N) is 2. The van der Waals surface area contributed by atoms with Crippen molar-refractivity contribution in [1.29, 1.82) is 0 Å². The predicted octanol–water partition coefficient (Wildman–Crippen LogP) is 3.33. The van der Waals surface area contributed by atoms with E-state index in [1.807, 2.05) is 20.2 Å². The highest BCUT2D eigenvalue weighted by Gasteiger charge is 2.25. The lowest BCUT2D eigenvalue weighted by Crippen LogP contribution is -2.28. The van der Waals surface area contributed by atoms with Crippen LogP contribution in [0.2, 0.25) is 0 Å². The van der Waals surface area contributed by atoms with Crippen molar-refractivity contribution >= 4 is 39.6 Å². The number of methoxy groups -OCH3 is 1. The third-order valence-electron chi connectivity index (χ3n) is 4.59. The number of hydrogen-bond acceptors (Lipinski definition) is 5. The largest absolute Gasteiger partial charge is 0.465 e. The SMILES string of the molecule is COC(=O)c1c(NC(=S)NCc2cn(C)nc2C)sc2c1CCCCC2. The Morgan fingerprint density at radius 1 is 1.38 bits per heavy atom. The number of anilines is 1. The van der Waals surface area contributed by atoms with Crippen molar-refractivity contribution in [2.75, 3.05) is 12.4 Å². The van der Waals surface area contributed by atoms with Gasteiger partial charge in [-0.3, -0.25) is 4.68 Å². The van der Waals surface area contributed by atoms with E-state index in [0.29, 0.717) is 17.2 Å². The molecule has 2 heterocycles. The monoisotopic (exact) mass is 392 g/mol. The fourth-order valence-electron chi connectivity index (χ4n) is 3.29. The van der Waals surface area contributed by atoms with Crippen molar-refractivity contribution < 1.29 is 9.53 Å². The van der Waals surface area contributed by atoms with Crippen LogP contribution in [-0.4, -0.2) is 28.0 Å². The van der Waals surface area contributed by atoms with Crippen LogP contribution in [0.5, 0.6) is 0 Å². The second-order valence-corrected chi connectivity index (χ2v) is 7.99. The summed E-state index contributed by atoms with van der Waals surface area (Å²) < 4.78 is 6.81. The number of fused-ring (bicyclic) bond motifs is 1. The van der Waals surface area contributed by atoms with Crippen molar-refractivity contribution in [3.63, 3.8) is 0 Å². The van der Waals surface area contributed by atoms with Gasteiger partial charge >= 0.3 is 5.97 Å². The van der Waals surface area contributed by atoms with E-state index in [0.717, 1.165) is 47.5 Å². The van der Waals surface area contributed by atoms with Gasteiger partial charge in [-0.05, 0) is 50.4 Å². The van der Waals surface area contributed by atoms with Gasteiger partial charge in [-0.15, -0.1) is 11.3 Å². The topological polar surface area (TPSA) is 68.2 Å². The molecule has 140 valence electrons. The van der Waals surface area contributed by atoms with Crippen LogP contribution in [0.15, 0.2) is 6.20 Å². The van der Waals surface area contributed by atoms with Gasteiger partial charge in [-0.2, -0.15) is 5.10 Å². The summed E-state index contributed by atoms with van der Waals surface area (Å²) >= 11 is 7.06. The molecule has 0 spiro atoms. The van der Waals surface area contributed by atoms with Crippen molar-refractivity contribution in [3.05, 3.63) is 33.5 Å². The zero-order valence-electron chi connectivity index (χ0n) is 15.3. The Balaban J connectivity index is 1.75. The number of esters is 1. The molecule has 8 heteroatoms. The molecule has 6 nitrogen and oxygen atoms in total. The second-order valence-electron chi connectivity index (χ2n) is 6.48. The standard InChI is InChI=1S/C18H24N4O2S2/c1-11-12(10-22(2)21-11)9-19-18(25)20-16-15(17(23)24-3)13-7-5-4-6-8-14(13)26-16/h10H,4-9H2,1-3H3,(H2,19,20,25). The lowest BCUT2D eigenvalue weighted by atomic mass is 10.1. The van der Waals surface area contributed by atoms with E-state index in [4.69, 9.17) is 17.0 Å². The van der Waals surface area contributed by atoms with Gasteiger partial charge in [0.15, 0.2) is 5.11 Å². The molecule has 2 aromatic rings. The number of thiocarbonyl (C=S) groups is 1. The number of hydrogen-bond donors (Lipinski definition) is 2. The van der Waals surface area contributed by atoms with E-state index in [2.05, 4.69) is 15.7 Å². The van der Waals surface area contributed by atoms with Gasteiger partial charge in [-0.25, -0.2) is 4.79 Å². The van der Waals surface area contributed by atoms with Crippen LogP contribution in [0.25, 0.3) is 0 Å². The van der Waals surface area contributed by atoms with E-state index in [-0.39, 0.29) is 5.97 Å². The number of ether oxygens (including phenoxy) is 1. The lowest BCUT2D eigenvalue weighted by Gasteiger charge is -2.11. The van der Waals surface area contributed by atoms with Gasteiger partial charge in [0, 0.05) is 30.2 Å². The lowest BCUT2D eigenvalue weighted by molar-refractivity contribution is 0.0601. The van der Waals surface area contributed by atoms with Crippen molar-refractivity contribution in [2.45, 2.75) is 45.6 Å². The van der Waals surface area contributed by atoms with Gasteiger partial charge in [0.05, 0.1) is 18.4 Å². The summed E-state index contributed by atoms with van der Waals surface area (Å²) in [5, 5.41) is 12.0. The van der Waals surface area contributed by atoms with Crippen molar-refractivity contribution in [2.24, 2.45) is 7.05 Å². The van der Waals surface area contributed by atoms with E-state index < -0.39 is 0 Å². The maximum atomic E-state index is 12.4. The quantitative estimate of drug-likeness (QED) is 0.473. The van der Waals surface area contributed by atoms with Crippen molar-refractivity contribution in [1.82, 2.24) is 15.1 Å². The molecule has 0 radical (unpaired) electrons. The molecule has 0 aliphatic heterocycles. The predicted molar refractivity (Wildman–Crippen MR) is 108 cm³/mol. The highest BCUT2D eigenvalue weighted by atomic mass is 32.1. The summed E-state index contributed by atoms with van der Waals surface area (Å²) in [6, 6.07) is 0. The molecule has 0 bridgehead atoms. The molecule has 0 aromatic carbocycles. The van der Waals surface area contributed by atoms with E-state index in [1.54, 1.807) is 16.0 Å². The highest BCUT2D eigenvalue weighted by Crippen LogP contribution is 2.37. The molecule has 1 aliphatic rings. The van der Waals surface area contributed by atoms with Gasteiger partial charge in [-0.1, -0.05) is 6.42 Å². The minimum Gasteiger partial charge on any atom is -0.465 e. The first-order chi connectivity index (χ1) is 12.5. The summed E-state index contributed by atoms with van der Waals surface area (Å²) in [5.41, 5.74) is 3.84. The molecule has 0 atom stereocenters. The molecule has 2 aromatic heterocycles. The van der Waals surface area contributed by atoms with E-state index in [1.165, 1.54) is 18.4 Å². The molecule has 0 unspecified atom stereocenters. The highest BCUT2D eigenvalue weighted by molar-refractivity contribution is 7.80. The Kier molecular flexibility index (Phi) is 5.93. The number of aromatic nitrogens is 2. The number of aryl methyl sites for hydroxylation is 3. The molecule has 0 fully saturated rings. The van der Waals surface area contributed by atoms with Crippen LogP contribution in [-0.2, 0) is 31.2 Å². The average molecular weight is 393 g/mol. The average Bonchev–Trinajstić information content (AvgIpc) is 3.01. The third-order valence-corrected chi connectivity index (χ3v) is 6.05. The van der Waals surface area contributed by atoms with Crippen LogP contribution < -0.4 is 10.6 Å². The summed E-state index contributed by atoms with van der Waals surface area (Å²) in [6.07, 6.45) is 7.38. The molecule has 2 N–H and O–H groups in total. The number of carbonyl (C=O) groups excluding carboxylic acids is 1. The molecular formula is C18H24N4O2S2. The molecule has 0 saturated carbocycles. The molecule has 0 saturated heterocycles. The first-order valence-corrected chi connectivity index (χ1v) is 9.99. The molecule has 1 aliphatic carbocycles. The Bertz CT molecular complexity index is 826. The summed E-state index contributed by atoms with van der Waals surface area (Å²) in [4.78, 5) is 13.6. The van der Waals surface area contributed by atoms with E-state index in [9.17, 15) is 4.79 Å². The summed E-state index contributed by atoms with van der Waals surface area (Å²) in [7, 11) is 3.32. The number of nitrogens with zero attached hydrogens (tertiary/aromatic N) is 2. The number of rotatable bonds is 4. The second kappa shape index (κ2) is 8.18. The Morgan fingerprint density at radius 3 is 2.85 bits per heavy atom. The molecule has 0 amide bonds. The van der Waals surface area contributed by atoms with E-state index >= 15 is 0 Å². The van der Waals surface area contributed by atoms with Gasteiger partial charge in [0.1, 0.15) is 5.00 Å². The summed E-state index contributed by atoms with van der Waals surface area (Å²) in [5.74, 6) is -0.294. The zero-order valence-corrected chi connectivity index (χ0v) is 17.0. The maximum absolute atomic E-state index is 12.4. The summed E-state index contributed by atoms with van der Waals surface area (Å²) in [6.45, 7) is 2.56. The van der Waals surface area contributed by atoms with Gasteiger partial charge in [0.25, 0.3) is 0 Å². The zero-order chi connectivity index (χ0) is 18.7. The Hall–Kier alpha value is -1.93. The van der Waals surface area contributed by atoms with Crippen LogP contribution in [0.1, 0.15) is 51.3 Å². The van der Waals surface area contributed by atoms with Gasteiger partial charge < -0.3 is 15.4 Å². The van der Waals surface area contributed by atoms with Crippen LogP contribution in [0, 0.1) is 6.92 Å². The van der Waals surface area contributed by atoms with Crippen LogP contribution in [0.4, 0.5) is 5.00 Å².